The van der Waals surface area contributed by atoms with Crippen LogP contribution in [0, 0.1) is 11.8 Å². The molecule has 0 aromatic heterocycles. The first kappa shape index (κ1) is 18.2. The number of likely N-dealkylation sites (tertiary alicyclic amines) is 2. The van der Waals surface area contributed by atoms with Crippen LogP contribution in [0.15, 0.2) is 60.7 Å². The van der Waals surface area contributed by atoms with E-state index in [1.165, 1.54) is 11.1 Å². The molecule has 4 nitrogen and oxygen atoms in total. The molecule has 27 heavy (non-hydrogen) atoms. The van der Waals surface area contributed by atoms with E-state index in [0.29, 0.717) is 18.4 Å². The van der Waals surface area contributed by atoms with Crippen molar-refractivity contribution in [3.8, 4) is 0 Å². The standard InChI is InChI=1S/C23H28N2O2/c1-18(26)25-15-21-14-24(12-13-27-17-19-8-4-2-5-9-19)16-22(21)23(25)20-10-6-3-7-11-20/h2-11,21-23H,12-17H2,1H3/t21-,22-,23+/m1/s1. The van der Waals surface area contributed by atoms with Crippen LogP contribution in [0.4, 0.5) is 0 Å². The van der Waals surface area contributed by atoms with Gasteiger partial charge in [-0.25, -0.2) is 0 Å². The summed E-state index contributed by atoms with van der Waals surface area (Å²) in [5, 5.41) is 0. The van der Waals surface area contributed by atoms with Gasteiger partial charge in [0.2, 0.25) is 5.91 Å². The Bertz CT molecular complexity index is 749. The van der Waals surface area contributed by atoms with Crippen molar-refractivity contribution in [1.29, 1.82) is 0 Å². The summed E-state index contributed by atoms with van der Waals surface area (Å²) in [4.78, 5) is 16.8. The summed E-state index contributed by atoms with van der Waals surface area (Å²) in [6.45, 7) is 7.07. The largest absolute Gasteiger partial charge is 0.375 e. The number of amides is 1. The quantitative estimate of drug-likeness (QED) is 0.737. The number of ether oxygens (including phenoxy) is 1. The summed E-state index contributed by atoms with van der Waals surface area (Å²) in [6, 6.07) is 21.0. The van der Waals surface area contributed by atoms with Gasteiger partial charge in [0.25, 0.3) is 0 Å². The molecule has 0 unspecified atom stereocenters. The lowest BCUT2D eigenvalue weighted by atomic mass is 9.89. The highest BCUT2D eigenvalue weighted by Gasteiger charge is 2.48. The van der Waals surface area contributed by atoms with E-state index in [9.17, 15) is 4.79 Å². The maximum absolute atomic E-state index is 12.2. The molecule has 0 aliphatic carbocycles. The summed E-state index contributed by atoms with van der Waals surface area (Å²) in [5.74, 6) is 1.27. The van der Waals surface area contributed by atoms with Gasteiger partial charge in [-0.2, -0.15) is 0 Å². The zero-order valence-corrected chi connectivity index (χ0v) is 16.0. The lowest BCUT2D eigenvalue weighted by Gasteiger charge is -2.29. The maximum Gasteiger partial charge on any atom is 0.219 e. The Balaban J connectivity index is 1.33. The number of hydrogen-bond acceptors (Lipinski definition) is 3. The van der Waals surface area contributed by atoms with Gasteiger partial charge in [-0.15, -0.1) is 0 Å². The molecule has 4 heteroatoms. The van der Waals surface area contributed by atoms with Gasteiger partial charge in [-0.05, 0) is 17.0 Å². The highest BCUT2D eigenvalue weighted by Crippen LogP contribution is 2.44. The van der Waals surface area contributed by atoms with Gasteiger partial charge >= 0.3 is 0 Å². The van der Waals surface area contributed by atoms with Gasteiger partial charge in [-0.1, -0.05) is 60.7 Å². The highest BCUT2D eigenvalue weighted by atomic mass is 16.5. The molecule has 4 rings (SSSR count). The van der Waals surface area contributed by atoms with Crippen LogP contribution >= 0.6 is 0 Å². The minimum Gasteiger partial charge on any atom is -0.375 e. The Morgan fingerprint density at radius 2 is 1.70 bits per heavy atom. The minimum atomic E-state index is 0.191. The van der Waals surface area contributed by atoms with Crippen LogP contribution in [0.2, 0.25) is 0 Å². The second kappa shape index (κ2) is 8.24. The molecule has 2 heterocycles. The fourth-order valence-electron chi connectivity index (χ4n) is 4.68. The normalized spacial score (nSPS) is 24.9. The molecule has 0 N–H and O–H groups in total. The van der Waals surface area contributed by atoms with Gasteiger partial charge in [0.15, 0.2) is 0 Å². The summed E-state index contributed by atoms with van der Waals surface area (Å²) in [5.41, 5.74) is 2.49. The van der Waals surface area contributed by atoms with Gasteiger partial charge in [0, 0.05) is 39.0 Å². The molecule has 3 atom stereocenters. The monoisotopic (exact) mass is 364 g/mol. The molecular weight excluding hydrogens is 336 g/mol. The van der Waals surface area contributed by atoms with E-state index < -0.39 is 0 Å². The Kier molecular flexibility index (Phi) is 5.55. The third-order valence-corrected chi connectivity index (χ3v) is 5.95. The lowest BCUT2D eigenvalue weighted by Crippen LogP contribution is -2.35. The molecule has 1 amide bonds. The zero-order chi connectivity index (χ0) is 18.6. The molecular formula is C23H28N2O2. The van der Waals surface area contributed by atoms with Gasteiger partial charge in [0.1, 0.15) is 0 Å². The van der Waals surface area contributed by atoms with Crippen molar-refractivity contribution < 1.29 is 9.53 Å². The van der Waals surface area contributed by atoms with Crippen molar-refractivity contribution in [2.45, 2.75) is 19.6 Å². The first-order chi connectivity index (χ1) is 13.2. The molecule has 142 valence electrons. The Morgan fingerprint density at radius 1 is 1.00 bits per heavy atom. The summed E-state index contributed by atoms with van der Waals surface area (Å²) < 4.78 is 5.87. The topological polar surface area (TPSA) is 32.8 Å². The lowest BCUT2D eigenvalue weighted by molar-refractivity contribution is -0.130. The van der Waals surface area contributed by atoms with Gasteiger partial charge in [-0.3, -0.25) is 4.79 Å². The van der Waals surface area contributed by atoms with Gasteiger partial charge < -0.3 is 14.5 Å². The third kappa shape index (κ3) is 4.07. The van der Waals surface area contributed by atoms with Crippen LogP contribution in [-0.4, -0.2) is 48.5 Å². The van der Waals surface area contributed by atoms with Crippen LogP contribution in [0.5, 0.6) is 0 Å². The molecule has 0 radical (unpaired) electrons. The fraction of sp³-hybridized carbons (Fsp3) is 0.435. The van der Waals surface area contributed by atoms with Crippen LogP contribution in [0.3, 0.4) is 0 Å². The SMILES string of the molecule is CC(=O)N1C[C@H]2CN(CCOCc3ccccc3)C[C@H]2[C@@H]1c1ccccc1. The van der Waals surface area contributed by atoms with Crippen molar-refractivity contribution in [3.63, 3.8) is 0 Å². The summed E-state index contributed by atoms with van der Waals surface area (Å²) >= 11 is 0. The summed E-state index contributed by atoms with van der Waals surface area (Å²) in [7, 11) is 0. The second-order valence-corrected chi connectivity index (χ2v) is 7.75. The van der Waals surface area contributed by atoms with Crippen molar-refractivity contribution in [2.24, 2.45) is 11.8 Å². The average Bonchev–Trinajstić information content (AvgIpc) is 3.24. The van der Waals surface area contributed by atoms with E-state index in [0.717, 1.165) is 32.8 Å². The predicted molar refractivity (Wildman–Crippen MR) is 106 cm³/mol. The van der Waals surface area contributed by atoms with Gasteiger partial charge in [0.05, 0.1) is 19.3 Å². The second-order valence-electron chi connectivity index (χ2n) is 7.75. The van der Waals surface area contributed by atoms with Crippen molar-refractivity contribution in [1.82, 2.24) is 9.80 Å². The number of benzene rings is 2. The van der Waals surface area contributed by atoms with Crippen molar-refractivity contribution in [2.75, 3.05) is 32.8 Å². The number of carbonyl (C=O) groups excluding carboxylic acids is 1. The maximum atomic E-state index is 12.2. The predicted octanol–water partition coefficient (Wildman–Crippen LogP) is 3.35. The number of nitrogens with zero attached hydrogens (tertiary/aromatic N) is 2. The number of fused-ring (bicyclic) bond motifs is 1. The molecule has 2 aliphatic rings. The number of carbonyl (C=O) groups is 1. The van der Waals surface area contributed by atoms with E-state index in [4.69, 9.17) is 4.74 Å². The molecule has 2 aromatic carbocycles. The molecule has 0 saturated carbocycles. The Morgan fingerprint density at radius 3 is 2.41 bits per heavy atom. The first-order valence-corrected chi connectivity index (χ1v) is 9.88. The molecule has 2 aliphatic heterocycles. The molecule has 2 saturated heterocycles. The van der Waals surface area contributed by atoms with Crippen molar-refractivity contribution >= 4 is 5.91 Å². The molecule has 0 spiro atoms. The zero-order valence-electron chi connectivity index (χ0n) is 16.0. The third-order valence-electron chi connectivity index (χ3n) is 5.95. The average molecular weight is 364 g/mol. The van der Waals surface area contributed by atoms with Crippen LogP contribution in [-0.2, 0) is 16.1 Å². The Hall–Kier alpha value is -2.17. The smallest absolute Gasteiger partial charge is 0.219 e. The van der Waals surface area contributed by atoms with E-state index in [1.807, 2.05) is 24.3 Å². The van der Waals surface area contributed by atoms with Crippen LogP contribution < -0.4 is 0 Å². The minimum absolute atomic E-state index is 0.191. The number of hydrogen-bond donors (Lipinski definition) is 0. The molecule has 0 bridgehead atoms. The summed E-state index contributed by atoms with van der Waals surface area (Å²) in [6.07, 6.45) is 0. The molecule has 2 fully saturated rings. The van der Waals surface area contributed by atoms with Crippen LogP contribution in [0.25, 0.3) is 0 Å². The van der Waals surface area contributed by atoms with E-state index in [1.54, 1.807) is 6.92 Å². The van der Waals surface area contributed by atoms with E-state index in [2.05, 4.69) is 46.2 Å². The number of rotatable bonds is 6. The fourth-order valence-corrected chi connectivity index (χ4v) is 4.68. The van der Waals surface area contributed by atoms with E-state index >= 15 is 0 Å². The van der Waals surface area contributed by atoms with E-state index in [-0.39, 0.29) is 11.9 Å². The van der Waals surface area contributed by atoms with Crippen molar-refractivity contribution in [3.05, 3.63) is 71.8 Å². The first-order valence-electron chi connectivity index (χ1n) is 9.88. The highest BCUT2D eigenvalue weighted by molar-refractivity contribution is 5.74. The Labute approximate surface area is 161 Å². The molecule has 2 aromatic rings. The van der Waals surface area contributed by atoms with Crippen LogP contribution in [0.1, 0.15) is 24.1 Å².